The number of rotatable bonds is 14. The first-order valence-corrected chi connectivity index (χ1v) is 13.2. The molecule has 3 aromatic rings. The van der Waals surface area contributed by atoms with E-state index in [9.17, 15) is 4.79 Å². The third kappa shape index (κ3) is 8.85. The highest BCUT2D eigenvalue weighted by Crippen LogP contribution is 2.29. The maximum atomic E-state index is 12.3. The van der Waals surface area contributed by atoms with Crippen LogP contribution in [0.15, 0.2) is 104 Å². The molecule has 1 aliphatic rings. The van der Waals surface area contributed by atoms with E-state index in [1.807, 2.05) is 91.0 Å². The van der Waals surface area contributed by atoms with E-state index in [4.69, 9.17) is 23.7 Å². The first-order valence-electron chi connectivity index (χ1n) is 13.2. The van der Waals surface area contributed by atoms with E-state index in [0.717, 1.165) is 16.7 Å². The minimum atomic E-state index is -0.786. The Balaban J connectivity index is 1.57. The van der Waals surface area contributed by atoms with Crippen molar-refractivity contribution >= 4 is 5.91 Å². The van der Waals surface area contributed by atoms with Crippen LogP contribution in [0.3, 0.4) is 0 Å². The van der Waals surface area contributed by atoms with Crippen LogP contribution in [0.5, 0.6) is 0 Å². The van der Waals surface area contributed by atoms with Gasteiger partial charge in [-0.2, -0.15) is 0 Å². The van der Waals surface area contributed by atoms with Gasteiger partial charge < -0.3 is 29.0 Å². The molecule has 1 fully saturated rings. The molecule has 4 rings (SSSR count). The molecule has 0 bridgehead atoms. The Morgan fingerprint density at radius 3 is 1.87 bits per heavy atom. The van der Waals surface area contributed by atoms with Crippen LogP contribution >= 0.6 is 0 Å². The number of hydrogen-bond donors (Lipinski definition) is 1. The molecule has 5 atom stereocenters. The summed E-state index contributed by atoms with van der Waals surface area (Å²) in [6, 6.07) is 29.1. The van der Waals surface area contributed by atoms with E-state index in [1.54, 1.807) is 6.08 Å². The number of carbonyl (C=O) groups excluding carboxylic acids is 1. The monoisotopic (exact) mass is 531 g/mol. The number of benzene rings is 3. The standard InChI is InChI=1S/C32H37NO6/c1-3-19-36-31-29(33-24(2)34)32(38-22-27-17-11-6-12-18-27)39-28(23-35-20-25-13-7-4-8-14-25)30(31)37-21-26-15-9-5-10-16-26/h3-18,28-32H,1,19-23H2,2H3,(H,33,34)/t28-,29-,30-,31-,32+/m1/s1. The van der Waals surface area contributed by atoms with Crippen molar-refractivity contribution in [1.82, 2.24) is 5.32 Å². The van der Waals surface area contributed by atoms with Gasteiger partial charge in [-0.3, -0.25) is 4.79 Å². The molecule has 3 aromatic carbocycles. The van der Waals surface area contributed by atoms with Crippen molar-refractivity contribution in [3.8, 4) is 0 Å². The van der Waals surface area contributed by atoms with Crippen molar-refractivity contribution in [2.24, 2.45) is 0 Å². The van der Waals surface area contributed by atoms with Crippen LogP contribution in [0.2, 0.25) is 0 Å². The minimum Gasteiger partial charge on any atom is -0.374 e. The van der Waals surface area contributed by atoms with Crippen LogP contribution in [0.1, 0.15) is 23.6 Å². The van der Waals surface area contributed by atoms with E-state index < -0.39 is 30.6 Å². The molecule has 0 saturated carbocycles. The number of nitrogens with one attached hydrogen (secondary N) is 1. The Hall–Kier alpha value is -3.33. The fraction of sp³-hybridized carbons (Fsp3) is 0.344. The second kappa shape index (κ2) is 15.3. The number of amides is 1. The molecule has 0 aromatic heterocycles. The quantitative estimate of drug-likeness (QED) is 0.301. The summed E-state index contributed by atoms with van der Waals surface area (Å²) >= 11 is 0. The van der Waals surface area contributed by atoms with Gasteiger partial charge in [-0.25, -0.2) is 0 Å². The summed E-state index contributed by atoms with van der Waals surface area (Å²) in [6.45, 7) is 6.88. The fourth-order valence-corrected chi connectivity index (χ4v) is 4.53. The van der Waals surface area contributed by atoms with Crippen LogP contribution in [0, 0.1) is 0 Å². The molecule has 1 heterocycles. The average molecular weight is 532 g/mol. The van der Waals surface area contributed by atoms with Crippen molar-refractivity contribution in [1.29, 1.82) is 0 Å². The Labute approximate surface area is 230 Å². The number of ether oxygens (including phenoxy) is 5. The van der Waals surface area contributed by atoms with Crippen LogP contribution < -0.4 is 5.32 Å². The van der Waals surface area contributed by atoms with Gasteiger partial charge in [0, 0.05) is 6.92 Å². The predicted octanol–water partition coefficient (Wildman–Crippen LogP) is 4.81. The summed E-state index contributed by atoms with van der Waals surface area (Å²) in [5.74, 6) is -0.218. The topological polar surface area (TPSA) is 75.3 Å². The maximum Gasteiger partial charge on any atom is 0.217 e. The van der Waals surface area contributed by atoms with E-state index in [0.29, 0.717) is 19.8 Å². The molecule has 0 radical (unpaired) electrons. The van der Waals surface area contributed by atoms with Gasteiger partial charge in [-0.15, -0.1) is 6.58 Å². The zero-order valence-corrected chi connectivity index (χ0v) is 22.3. The third-order valence-corrected chi connectivity index (χ3v) is 6.36. The van der Waals surface area contributed by atoms with Crippen molar-refractivity contribution in [3.05, 3.63) is 120 Å². The maximum absolute atomic E-state index is 12.3. The lowest BCUT2D eigenvalue weighted by atomic mass is 9.96. The summed E-state index contributed by atoms with van der Waals surface area (Å²) in [5.41, 5.74) is 3.07. The van der Waals surface area contributed by atoms with Gasteiger partial charge in [0.25, 0.3) is 0 Å². The lowest BCUT2D eigenvalue weighted by molar-refractivity contribution is -0.290. The summed E-state index contributed by atoms with van der Waals surface area (Å²) in [4.78, 5) is 12.3. The smallest absolute Gasteiger partial charge is 0.217 e. The normalized spacial score (nSPS) is 22.7. The zero-order valence-electron chi connectivity index (χ0n) is 22.3. The molecule has 7 nitrogen and oxygen atoms in total. The van der Waals surface area contributed by atoms with Crippen LogP contribution in [0.4, 0.5) is 0 Å². The van der Waals surface area contributed by atoms with Gasteiger partial charge in [0.15, 0.2) is 6.29 Å². The molecular weight excluding hydrogens is 494 g/mol. The summed E-state index contributed by atoms with van der Waals surface area (Å²) in [5, 5.41) is 2.99. The molecular formula is C32H37NO6. The van der Waals surface area contributed by atoms with Crippen molar-refractivity contribution in [2.45, 2.75) is 57.4 Å². The molecule has 0 unspecified atom stereocenters. The Morgan fingerprint density at radius 1 is 0.795 bits per heavy atom. The molecule has 39 heavy (non-hydrogen) atoms. The lowest BCUT2D eigenvalue weighted by Crippen LogP contribution is -2.66. The highest BCUT2D eigenvalue weighted by molar-refractivity contribution is 5.73. The van der Waals surface area contributed by atoms with Gasteiger partial charge >= 0.3 is 0 Å². The van der Waals surface area contributed by atoms with Crippen molar-refractivity contribution in [3.63, 3.8) is 0 Å². The molecule has 1 N–H and O–H groups in total. The lowest BCUT2D eigenvalue weighted by Gasteiger charge is -2.46. The molecule has 206 valence electrons. The fourth-order valence-electron chi connectivity index (χ4n) is 4.53. The molecule has 0 aliphatic carbocycles. The second-order valence-corrected chi connectivity index (χ2v) is 9.41. The highest BCUT2D eigenvalue weighted by atomic mass is 16.7. The van der Waals surface area contributed by atoms with Crippen LogP contribution in [-0.4, -0.2) is 49.8 Å². The Kier molecular flexibility index (Phi) is 11.3. The Bertz CT molecular complexity index is 1130. The van der Waals surface area contributed by atoms with Crippen LogP contribution in [0.25, 0.3) is 0 Å². The van der Waals surface area contributed by atoms with E-state index in [2.05, 4.69) is 11.9 Å². The zero-order chi connectivity index (χ0) is 27.3. The average Bonchev–Trinajstić information content (AvgIpc) is 2.96. The number of carbonyl (C=O) groups is 1. The van der Waals surface area contributed by atoms with Crippen molar-refractivity contribution < 1.29 is 28.5 Å². The minimum absolute atomic E-state index is 0.218. The third-order valence-electron chi connectivity index (χ3n) is 6.36. The molecule has 1 amide bonds. The van der Waals surface area contributed by atoms with Gasteiger partial charge in [-0.05, 0) is 16.7 Å². The van der Waals surface area contributed by atoms with E-state index >= 15 is 0 Å². The summed E-state index contributed by atoms with van der Waals surface area (Å²) < 4.78 is 31.5. The molecule has 0 spiro atoms. The Morgan fingerprint density at radius 2 is 1.33 bits per heavy atom. The number of hydrogen-bond acceptors (Lipinski definition) is 6. The van der Waals surface area contributed by atoms with Crippen LogP contribution in [-0.2, 0) is 48.3 Å². The first kappa shape index (κ1) is 28.7. The first-order chi connectivity index (χ1) is 19.1. The summed E-state index contributed by atoms with van der Waals surface area (Å²) in [7, 11) is 0. The van der Waals surface area contributed by atoms with Gasteiger partial charge in [0.05, 0.1) is 33.0 Å². The van der Waals surface area contributed by atoms with Crippen molar-refractivity contribution in [2.75, 3.05) is 13.2 Å². The molecule has 7 heteroatoms. The van der Waals surface area contributed by atoms with Gasteiger partial charge in [0.1, 0.15) is 24.4 Å². The molecule has 1 saturated heterocycles. The van der Waals surface area contributed by atoms with E-state index in [-0.39, 0.29) is 19.1 Å². The largest absolute Gasteiger partial charge is 0.374 e. The van der Waals surface area contributed by atoms with Gasteiger partial charge in [-0.1, -0.05) is 97.1 Å². The SMILES string of the molecule is C=CCO[C@@H]1[C@@H](NC(C)=O)[C@@H](OCc2ccccc2)O[C@H](COCc2ccccc2)[C@H]1OCc1ccccc1. The second-order valence-electron chi connectivity index (χ2n) is 9.41. The highest BCUT2D eigenvalue weighted by Gasteiger charge is 2.48. The van der Waals surface area contributed by atoms with Gasteiger partial charge in [0.2, 0.25) is 5.91 Å². The summed E-state index contributed by atoms with van der Waals surface area (Å²) in [6.07, 6.45) is -0.747. The predicted molar refractivity (Wildman–Crippen MR) is 149 cm³/mol. The molecule has 1 aliphatic heterocycles. The van der Waals surface area contributed by atoms with E-state index in [1.165, 1.54) is 6.92 Å².